The lowest BCUT2D eigenvalue weighted by atomic mass is 9.96. The third-order valence-corrected chi connectivity index (χ3v) is 4.11. The van der Waals surface area contributed by atoms with E-state index >= 15 is 0 Å². The normalized spacial score (nSPS) is 17.2. The van der Waals surface area contributed by atoms with Crippen molar-refractivity contribution in [1.29, 1.82) is 0 Å². The van der Waals surface area contributed by atoms with Crippen molar-refractivity contribution >= 4 is 17.4 Å². The first-order valence-corrected chi connectivity index (χ1v) is 7.54. The number of anilines is 1. The Morgan fingerprint density at radius 3 is 2.58 bits per heavy atom. The number of halogens is 1. The van der Waals surface area contributed by atoms with E-state index in [1.54, 1.807) is 0 Å². The molecule has 1 saturated heterocycles. The molecule has 1 aromatic heterocycles. The lowest BCUT2D eigenvalue weighted by Gasteiger charge is -2.34. The van der Waals surface area contributed by atoms with E-state index < -0.39 is 0 Å². The zero-order valence-electron chi connectivity index (χ0n) is 12.2. The lowest BCUT2D eigenvalue weighted by Crippen LogP contribution is -2.37. The molecule has 1 fully saturated rings. The zero-order chi connectivity index (χ0) is 13.8. The highest BCUT2D eigenvalue weighted by Gasteiger charge is 2.21. The smallest absolute Gasteiger partial charge is 0.131 e. The fraction of sp³-hybridized carbons (Fsp3) is 0.667. The van der Waals surface area contributed by atoms with E-state index in [2.05, 4.69) is 41.9 Å². The largest absolute Gasteiger partial charge is 0.356 e. The molecule has 3 nitrogen and oxygen atoms in total. The predicted octanol–water partition coefficient (Wildman–Crippen LogP) is 2.91. The van der Waals surface area contributed by atoms with E-state index in [1.165, 1.54) is 24.9 Å². The Bertz CT molecular complexity index is 412. The van der Waals surface area contributed by atoms with E-state index in [0.29, 0.717) is 5.88 Å². The quantitative estimate of drug-likeness (QED) is 0.791. The number of alkyl halides is 1. The molecule has 1 aliphatic heterocycles. The second-order valence-electron chi connectivity index (χ2n) is 5.81. The molecule has 4 heteroatoms. The van der Waals surface area contributed by atoms with Gasteiger partial charge in [-0.15, -0.1) is 11.6 Å². The maximum atomic E-state index is 5.85. The second-order valence-corrected chi connectivity index (χ2v) is 6.08. The summed E-state index contributed by atoms with van der Waals surface area (Å²) in [5.41, 5.74) is 2.34. The van der Waals surface area contributed by atoms with E-state index in [4.69, 9.17) is 11.6 Å². The van der Waals surface area contributed by atoms with Gasteiger partial charge in [0.25, 0.3) is 0 Å². The van der Waals surface area contributed by atoms with Gasteiger partial charge in [-0.05, 0) is 57.0 Å². The minimum absolute atomic E-state index is 0.541. The van der Waals surface area contributed by atoms with Gasteiger partial charge in [-0.1, -0.05) is 0 Å². The first-order valence-electron chi connectivity index (χ1n) is 7.01. The Balaban J connectivity index is 1.97. The van der Waals surface area contributed by atoms with Crippen LogP contribution in [-0.4, -0.2) is 43.6 Å². The fourth-order valence-electron chi connectivity index (χ4n) is 2.87. The Labute approximate surface area is 121 Å². The molecule has 2 rings (SSSR count). The van der Waals surface area contributed by atoms with Crippen molar-refractivity contribution in [1.82, 2.24) is 9.88 Å². The molecule has 0 amide bonds. The number of aromatic nitrogens is 1. The Kier molecular flexibility index (Phi) is 5.06. The molecule has 0 unspecified atom stereocenters. The van der Waals surface area contributed by atoms with Gasteiger partial charge in [0.1, 0.15) is 5.82 Å². The summed E-state index contributed by atoms with van der Waals surface area (Å²) in [5.74, 6) is 2.50. The monoisotopic (exact) mass is 281 g/mol. The highest BCUT2D eigenvalue weighted by molar-refractivity contribution is 6.17. The van der Waals surface area contributed by atoms with Crippen LogP contribution in [-0.2, 0) is 5.88 Å². The number of nitrogens with zero attached hydrogens (tertiary/aromatic N) is 3. The Morgan fingerprint density at radius 2 is 2.05 bits per heavy atom. The third kappa shape index (κ3) is 3.83. The maximum absolute atomic E-state index is 5.85. The van der Waals surface area contributed by atoms with Gasteiger partial charge in [-0.25, -0.2) is 4.98 Å². The van der Waals surface area contributed by atoms with E-state index in [1.807, 2.05) is 6.20 Å². The van der Waals surface area contributed by atoms with Gasteiger partial charge in [0.15, 0.2) is 0 Å². The molecule has 1 aromatic rings. The molecule has 19 heavy (non-hydrogen) atoms. The molecular formula is C15H24ClN3. The zero-order valence-corrected chi connectivity index (χ0v) is 13.0. The molecule has 0 radical (unpaired) electrons. The highest BCUT2D eigenvalue weighted by Crippen LogP contribution is 2.25. The summed E-state index contributed by atoms with van der Waals surface area (Å²) in [5, 5.41) is 0. The van der Waals surface area contributed by atoms with E-state index in [-0.39, 0.29) is 0 Å². The van der Waals surface area contributed by atoms with Crippen molar-refractivity contribution in [2.24, 2.45) is 5.92 Å². The summed E-state index contributed by atoms with van der Waals surface area (Å²) >= 11 is 5.85. The third-order valence-electron chi connectivity index (χ3n) is 3.80. The molecule has 0 spiro atoms. The first kappa shape index (κ1) is 14.6. The predicted molar refractivity (Wildman–Crippen MR) is 82.0 cm³/mol. The average Bonchev–Trinajstić information content (AvgIpc) is 2.39. The van der Waals surface area contributed by atoms with Crippen LogP contribution >= 0.6 is 11.6 Å². The average molecular weight is 282 g/mol. The van der Waals surface area contributed by atoms with Crippen LogP contribution < -0.4 is 4.90 Å². The number of piperidine rings is 1. The van der Waals surface area contributed by atoms with Crippen LogP contribution in [0.3, 0.4) is 0 Å². The Hall–Kier alpha value is -0.800. The minimum Gasteiger partial charge on any atom is -0.356 e. The molecule has 0 aliphatic carbocycles. The molecule has 0 N–H and O–H groups in total. The van der Waals surface area contributed by atoms with Crippen molar-refractivity contribution in [2.45, 2.75) is 25.6 Å². The number of rotatable bonds is 4. The molecule has 2 heterocycles. The molecule has 0 aromatic carbocycles. The van der Waals surface area contributed by atoms with Crippen LogP contribution in [0.1, 0.15) is 24.0 Å². The van der Waals surface area contributed by atoms with Crippen LogP contribution in [0.25, 0.3) is 0 Å². The lowest BCUT2D eigenvalue weighted by molar-refractivity contribution is 0.284. The summed E-state index contributed by atoms with van der Waals surface area (Å²) < 4.78 is 0. The van der Waals surface area contributed by atoms with Crippen LogP contribution in [0, 0.1) is 12.8 Å². The number of pyridine rings is 1. The van der Waals surface area contributed by atoms with Crippen LogP contribution in [0.2, 0.25) is 0 Å². The molecule has 1 aliphatic rings. The van der Waals surface area contributed by atoms with E-state index in [9.17, 15) is 0 Å². The van der Waals surface area contributed by atoms with Gasteiger partial charge in [0, 0.05) is 31.7 Å². The standard InChI is InChI=1S/C15H24ClN3/c1-12-8-14(9-16)10-17-15(12)19-6-4-13(5-7-19)11-18(2)3/h8,10,13H,4-7,9,11H2,1-3H3. The number of hydrogen-bond acceptors (Lipinski definition) is 3. The molecule has 0 saturated carbocycles. The summed E-state index contributed by atoms with van der Waals surface area (Å²) in [7, 11) is 4.31. The van der Waals surface area contributed by atoms with Crippen molar-refractivity contribution < 1.29 is 0 Å². The maximum Gasteiger partial charge on any atom is 0.131 e. The van der Waals surface area contributed by atoms with Gasteiger partial charge in [-0.2, -0.15) is 0 Å². The highest BCUT2D eigenvalue weighted by atomic mass is 35.5. The molecular weight excluding hydrogens is 258 g/mol. The summed E-state index contributed by atoms with van der Waals surface area (Å²) in [6.45, 7) is 5.56. The van der Waals surface area contributed by atoms with Crippen molar-refractivity contribution in [3.63, 3.8) is 0 Å². The number of hydrogen-bond donors (Lipinski definition) is 0. The summed E-state index contributed by atoms with van der Waals surface area (Å²) in [4.78, 5) is 9.30. The fourth-order valence-corrected chi connectivity index (χ4v) is 3.02. The minimum atomic E-state index is 0.541. The topological polar surface area (TPSA) is 19.4 Å². The van der Waals surface area contributed by atoms with E-state index in [0.717, 1.165) is 30.4 Å². The van der Waals surface area contributed by atoms with Gasteiger partial charge >= 0.3 is 0 Å². The summed E-state index contributed by atoms with van der Waals surface area (Å²) in [6, 6.07) is 2.15. The molecule has 0 bridgehead atoms. The number of aryl methyl sites for hydroxylation is 1. The van der Waals surface area contributed by atoms with Gasteiger partial charge in [-0.3, -0.25) is 0 Å². The van der Waals surface area contributed by atoms with Crippen LogP contribution in [0.5, 0.6) is 0 Å². The van der Waals surface area contributed by atoms with Crippen molar-refractivity contribution in [3.8, 4) is 0 Å². The van der Waals surface area contributed by atoms with Gasteiger partial charge in [0.05, 0.1) is 0 Å². The van der Waals surface area contributed by atoms with Gasteiger partial charge < -0.3 is 9.80 Å². The molecule has 0 atom stereocenters. The summed E-state index contributed by atoms with van der Waals surface area (Å²) in [6.07, 6.45) is 4.42. The van der Waals surface area contributed by atoms with Gasteiger partial charge in [0.2, 0.25) is 0 Å². The Morgan fingerprint density at radius 1 is 1.37 bits per heavy atom. The van der Waals surface area contributed by atoms with Crippen LogP contribution in [0.15, 0.2) is 12.3 Å². The first-order chi connectivity index (χ1) is 9.10. The van der Waals surface area contributed by atoms with Crippen molar-refractivity contribution in [3.05, 3.63) is 23.4 Å². The van der Waals surface area contributed by atoms with Crippen molar-refractivity contribution in [2.75, 3.05) is 38.6 Å². The van der Waals surface area contributed by atoms with Crippen LogP contribution in [0.4, 0.5) is 5.82 Å². The molecule has 106 valence electrons. The second kappa shape index (κ2) is 6.58. The SMILES string of the molecule is Cc1cc(CCl)cnc1N1CCC(CN(C)C)CC1.